The minimum absolute atomic E-state index is 0.00540. The number of ether oxygens (including phenoxy) is 2. The average Bonchev–Trinajstić information content (AvgIpc) is 3.28. The fourth-order valence-electron chi connectivity index (χ4n) is 3.25. The molecule has 0 radical (unpaired) electrons. The van der Waals surface area contributed by atoms with Gasteiger partial charge in [0.25, 0.3) is 0 Å². The lowest BCUT2D eigenvalue weighted by atomic mass is 10.1. The third-order valence-electron chi connectivity index (χ3n) is 5.07. The third kappa shape index (κ3) is 7.00. The van der Waals surface area contributed by atoms with Gasteiger partial charge in [-0.25, -0.2) is 4.79 Å². The molecule has 0 aliphatic carbocycles. The van der Waals surface area contributed by atoms with Crippen molar-refractivity contribution in [3.05, 3.63) is 101 Å². The number of aliphatic hydroxyl groups is 1. The molecule has 3 aromatic rings. The van der Waals surface area contributed by atoms with Gasteiger partial charge in [0, 0.05) is 18.3 Å². The van der Waals surface area contributed by atoms with Crippen molar-refractivity contribution in [3.8, 4) is 0 Å². The Morgan fingerprint density at radius 1 is 1.06 bits per heavy atom. The Morgan fingerprint density at radius 3 is 2.48 bits per heavy atom. The fourth-order valence-corrected chi connectivity index (χ4v) is 3.25. The van der Waals surface area contributed by atoms with Crippen molar-refractivity contribution in [3.63, 3.8) is 0 Å². The van der Waals surface area contributed by atoms with E-state index in [2.05, 4.69) is 0 Å². The number of carbonyl (C=O) groups excluding carboxylic acids is 2. The summed E-state index contributed by atoms with van der Waals surface area (Å²) in [6.07, 6.45) is 4.63. The molecule has 0 aliphatic rings. The lowest BCUT2D eigenvalue weighted by Crippen LogP contribution is -2.27. The Balaban J connectivity index is 1.51. The zero-order chi connectivity index (χ0) is 23.6. The van der Waals surface area contributed by atoms with Crippen LogP contribution in [0.25, 0.3) is 6.08 Å². The van der Waals surface area contributed by atoms with Crippen molar-refractivity contribution < 1.29 is 24.2 Å². The van der Waals surface area contributed by atoms with Gasteiger partial charge >= 0.3 is 5.97 Å². The van der Waals surface area contributed by atoms with Gasteiger partial charge in [0.2, 0.25) is 5.78 Å². The van der Waals surface area contributed by atoms with E-state index in [-0.39, 0.29) is 25.6 Å². The highest BCUT2D eigenvalue weighted by Crippen LogP contribution is 2.13. The molecule has 0 amide bonds. The van der Waals surface area contributed by atoms with E-state index in [1.165, 1.54) is 0 Å². The predicted octanol–water partition coefficient (Wildman–Crippen LogP) is 4.18. The summed E-state index contributed by atoms with van der Waals surface area (Å²) in [6, 6.07) is 19.1. The van der Waals surface area contributed by atoms with Crippen molar-refractivity contribution >= 4 is 17.8 Å². The first-order valence-electron chi connectivity index (χ1n) is 10.9. The molecule has 3 rings (SSSR count). The van der Waals surface area contributed by atoms with Crippen molar-refractivity contribution in [2.75, 3.05) is 13.2 Å². The number of ketones is 1. The highest BCUT2D eigenvalue weighted by molar-refractivity contribution is 6.08. The Kier molecular flexibility index (Phi) is 8.75. The predicted molar refractivity (Wildman–Crippen MR) is 127 cm³/mol. The van der Waals surface area contributed by atoms with Crippen LogP contribution < -0.4 is 0 Å². The van der Waals surface area contributed by atoms with Gasteiger partial charge in [-0.2, -0.15) is 0 Å². The lowest BCUT2D eigenvalue weighted by Gasteiger charge is -2.10. The highest BCUT2D eigenvalue weighted by atomic mass is 16.6. The van der Waals surface area contributed by atoms with Crippen LogP contribution in [0.1, 0.15) is 39.7 Å². The van der Waals surface area contributed by atoms with Gasteiger partial charge < -0.3 is 19.1 Å². The Morgan fingerprint density at radius 2 is 1.79 bits per heavy atom. The second kappa shape index (κ2) is 11.9. The van der Waals surface area contributed by atoms with Crippen molar-refractivity contribution in [2.24, 2.45) is 0 Å². The maximum absolute atomic E-state index is 12.8. The Bertz CT molecular complexity index is 1080. The van der Waals surface area contributed by atoms with Gasteiger partial charge in [0.05, 0.1) is 25.5 Å². The summed E-state index contributed by atoms with van der Waals surface area (Å²) in [4.78, 5) is 24.2. The van der Waals surface area contributed by atoms with Crippen LogP contribution in [0.15, 0.2) is 72.9 Å². The number of carbonyl (C=O) groups is 2. The maximum Gasteiger partial charge on any atom is 0.337 e. The van der Waals surface area contributed by atoms with Crippen molar-refractivity contribution in [1.82, 2.24) is 4.57 Å². The summed E-state index contributed by atoms with van der Waals surface area (Å²) in [5, 5.41) is 9.64. The molecule has 33 heavy (non-hydrogen) atoms. The van der Waals surface area contributed by atoms with Gasteiger partial charge in [-0.1, -0.05) is 66.2 Å². The van der Waals surface area contributed by atoms with Crippen LogP contribution in [-0.2, 0) is 27.4 Å². The number of esters is 1. The molecule has 1 atom stereocenters. The first kappa shape index (κ1) is 24.2. The summed E-state index contributed by atoms with van der Waals surface area (Å²) in [7, 11) is 0. The average molecular weight is 448 g/mol. The normalized spacial score (nSPS) is 12.1. The molecular weight excluding hydrogens is 418 g/mol. The van der Waals surface area contributed by atoms with Crippen LogP contribution in [0.3, 0.4) is 0 Å². The number of aryl methyl sites for hydroxylation is 1. The zero-order valence-corrected chi connectivity index (χ0v) is 18.9. The number of rotatable bonds is 11. The zero-order valence-electron chi connectivity index (χ0n) is 18.9. The van der Waals surface area contributed by atoms with E-state index in [1.807, 2.05) is 90.5 Å². The van der Waals surface area contributed by atoms with E-state index in [1.54, 1.807) is 6.92 Å². The van der Waals surface area contributed by atoms with E-state index in [4.69, 9.17) is 9.47 Å². The molecule has 6 heteroatoms. The first-order valence-corrected chi connectivity index (χ1v) is 10.9. The van der Waals surface area contributed by atoms with Gasteiger partial charge in [0.15, 0.2) is 6.10 Å². The van der Waals surface area contributed by atoms with Crippen LogP contribution in [0.2, 0.25) is 0 Å². The van der Waals surface area contributed by atoms with Crippen molar-refractivity contribution in [2.45, 2.75) is 33.1 Å². The second-order valence-electron chi connectivity index (χ2n) is 7.67. The van der Waals surface area contributed by atoms with Crippen molar-refractivity contribution in [1.29, 1.82) is 0 Å². The number of aromatic nitrogens is 1. The second-order valence-corrected chi connectivity index (χ2v) is 7.67. The van der Waals surface area contributed by atoms with Gasteiger partial charge in [0.1, 0.15) is 0 Å². The summed E-state index contributed by atoms with van der Waals surface area (Å²) in [6.45, 7) is 4.66. The molecule has 0 saturated carbocycles. The van der Waals surface area contributed by atoms with E-state index < -0.39 is 12.1 Å². The largest absolute Gasteiger partial charge is 0.464 e. The molecule has 0 spiro atoms. The highest BCUT2D eigenvalue weighted by Gasteiger charge is 2.16. The van der Waals surface area contributed by atoms with Crippen LogP contribution in [0, 0.1) is 6.92 Å². The molecular formula is C27H29NO5. The number of hydrogen-bond donors (Lipinski definition) is 1. The van der Waals surface area contributed by atoms with E-state index in [0.29, 0.717) is 17.8 Å². The van der Waals surface area contributed by atoms with Crippen LogP contribution in [0.5, 0.6) is 0 Å². The van der Waals surface area contributed by atoms with E-state index in [9.17, 15) is 14.7 Å². The van der Waals surface area contributed by atoms with Gasteiger partial charge in [-0.05, 0) is 37.1 Å². The van der Waals surface area contributed by atoms with Crippen LogP contribution in [-0.4, -0.2) is 40.7 Å². The smallest absolute Gasteiger partial charge is 0.337 e. The molecule has 1 heterocycles. The summed E-state index contributed by atoms with van der Waals surface area (Å²) in [5.41, 5.74) is 4.40. The molecule has 2 aromatic carbocycles. The van der Waals surface area contributed by atoms with E-state index >= 15 is 0 Å². The van der Waals surface area contributed by atoms with E-state index in [0.717, 1.165) is 16.7 Å². The summed E-state index contributed by atoms with van der Waals surface area (Å²) >= 11 is 0. The minimum atomic E-state index is -1.27. The first-order chi connectivity index (χ1) is 16.0. The molecule has 0 saturated heterocycles. The topological polar surface area (TPSA) is 77.8 Å². The number of hydrogen-bond acceptors (Lipinski definition) is 5. The molecule has 0 bridgehead atoms. The quantitative estimate of drug-likeness (QED) is 0.352. The molecule has 0 fully saturated rings. The summed E-state index contributed by atoms with van der Waals surface area (Å²) < 4.78 is 12.1. The molecule has 6 nitrogen and oxygen atoms in total. The lowest BCUT2D eigenvalue weighted by molar-refractivity contribution is -0.156. The molecule has 172 valence electrons. The minimum Gasteiger partial charge on any atom is -0.464 e. The van der Waals surface area contributed by atoms with Gasteiger partial charge in [-0.15, -0.1) is 0 Å². The standard InChI is InChI=1S/C27H29NO5/c1-3-33-27(31)25(29)19-32-18-22-12-10-21(11-13-22)6-4-16-28-17-5-7-24(28)26(30)23-14-8-20(2)9-15-23/h4-15,17,25,29H,3,16,18-19H2,1-2H3/b6-4+/t25-/m1/s1. The monoisotopic (exact) mass is 447 g/mol. The molecule has 1 N–H and O–H groups in total. The Hall–Kier alpha value is -3.48. The maximum atomic E-state index is 12.8. The number of allylic oxidation sites excluding steroid dienone is 1. The van der Waals surface area contributed by atoms with Gasteiger partial charge in [-0.3, -0.25) is 4.79 Å². The number of nitrogens with zero attached hydrogens (tertiary/aromatic N) is 1. The fraction of sp³-hybridized carbons (Fsp3) is 0.259. The number of aliphatic hydroxyl groups excluding tert-OH is 1. The molecule has 1 aromatic heterocycles. The molecule has 0 unspecified atom stereocenters. The summed E-state index contributed by atoms with van der Waals surface area (Å²) in [5.74, 6) is -0.671. The Labute approximate surface area is 194 Å². The third-order valence-corrected chi connectivity index (χ3v) is 5.07. The molecule has 0 aliphatic heterocycles. The van der Waals surface area contributed by atoms with Crippen LogP contribution >= 0.6 is 0 Å². The number of benzene rings is 2. The van der Waals surface area contributed by atoms with Crippen LogP contribution in [0.4, 0.5) is 0 Å². The SMILES string of the molecule is CCOC(=O)[C@H](O)COCc1ccc(/C=C/Cn2cccc2C(=O)c2ccc(C)cc2)cc1.